The number of fused-ring (bicyclic) bond motifs is 1. The number of hydrogen-bond donors (Lipinski definition) is 2. The summed E-state index contributed by atoms with van der Waals surface area (Å²) in [6.07, 6.45) is -0.638. The Bertz CT molecular complexity index is 1180. The van der Waals surface area contributed by atoms with Gasteiger partial charge >= 0.3 is 0 Å². The van der Waals surface area contributed by atoms with Crippen molar-refractivity contribution in [2.45, 2.75) is 31.2 Å². The molecular weight excluding hydrogens is 432 g/mol. The molecule has 7 heteroatoms. The number of carbonyl (C=O) groups excluding carboxylic acids is 2. The highest BCUT2D eigenvalue weighted by Crippen LogP contribution is 2.28. The number of amides is 2. The third-order valence-electron chi connectivity index (χ3n) is 6.15. The molecule has 0 radical (unpaired) electrons. The van der Waals surface area contributed by atoms with Gasteiger partial charge in [0.2, 0.25) is 0 Å². The van der Waals surface area contributed by atoms with Gasteiger partial charge < -0.3 is 24.8 Å². The minimum atomic E-state index is -0.324. The van der Waals surface area contributed by atoms with Gasteiger partial charge in [0.25, 0.3) is 11.8 Å². The largest absolute Gasteiger partial charge is 0.457 e. The Kier molecular flexibility index (Phi) is 6.29. The first-order valence-corrected chi connectivity index (χ1v) is 11.3. The summed E-state index contributed by atoms with van der Waals surface area (Å²) in [6.45, 7) is 2.55. The van der Waals surface area contributed by atoms with Crippen LogP contribution in [0.1, 0.15) is 26.3 Å². The van der Waals surface area contributed by atoms with Gasteiger partial charge in [-0.1, -0.05) is 42.5 Å². The molecule has 2 heterocycles. The molecule has 2 fully saturated rings. The first kappa shape index (κ1) is 22.1. The van der Waals surface area contributed by atoms with E-state index in [1.54, 1.807) is 30.3 Å². The van der Waals surface area contributed by atoms with Gasteiger partial charge in [-0.3, -0.25) is 9.59 Å². The second-order valence-corrected chi connectivity index (χ2v) is 8.51. The van der Waals surface area contributed by atoms with Crippen molar-refractivity contribution in [2.24, 2.45) is 0 Å². The first-order chi connectivity index (χ1) is 16.6. The van der Waals surface area contributed by atoms with E-state index < -0.39 is 0 Å². The van der Waals surface area contributed by atoms with Crippen LogP contribution in [0.2, 0.25) is 0 Å². The first-order valence-electron chi connectivity index (χ1n) is 11.3. The fraction of sp³-hybridized carbons (Fsp3) is 0.259. The van der Waals surface area contributed by atoms with Crippen molar-refractivity contribution >= 4 is 11.8 Å². The van der Waals surface area contributed by atoms with Gasteiger partial charge in [0.15, 0.2) is 0 Å². The van der Waals surface area contributed by atoms with Crippen molar-refractivity contribution < 1.29 is 23.8 Å². The molecule has 3 aromatic rings. The Labute approximate surface area is 198 Å². The molecule has 2 amide bonds. The van der Waals surface area contributed by atoms with Crippen molar-refractivity contribution in [1.29, 1.82) is 0 Å². The van der Waals surface area contributed by atoms with Crippen LogP contribution in [0, 0.1) is 6.92 Å². The van der Waals surface area contributed by atoms with Gasteiger partial charge in [0, 0.05) is 11.1 Å². The number of ether oxygens (including phenoxy) is 3. The zero-order chi connectivity index (χ0) is 23.5. The van der Waals surface area contributed by atoms with Gasteiger partial charge in [-0.15, -0.1) is 0 Å². The normalized spacial score (nSPS) is 23.2. The van der Waals surface area contributed by atoms with Gasteiger partial charge in [-0.05, 0) is 48.9 Å². The van der Waals surface area contributed by atoms with E-state index in [0.29, 0.717) is 35.8 Å². The molecule has 2 aliphatic heterocycles. The van der Waals surface area contributed by atoms with Gasteiger partial charge in [-0.25, -0.2) is 0 Å². The molecule has 0 bridgehead atoms. The number of nitrogens with one attached hydrogen (secondary N) is 2. The van der Waals surface area contributed by atoms with Crippen molar-refractivity contribution in [3.8, 4) is 11.5 Å². The lowest BCUT2D eigenvalue weighted by molar-refractivity contribution is 0.0628. The monoisotopic (exact) mass is 458 g/mol. The lowest BCUT2D eigenvalue weighted by atomic mass is 10.0. The minimum absolute atomic E-state index is 0.154. The maximum atomic E-state index is 12.9. The van der Waals surface area contributed by atoms with Crippen LogP contribution < -0.4 is 15.4 Å². The second kappa shape index (κ2) is 9.67. The van der Waals surface area contributed by atoms with Crippen LogP contribution >= 0.6 is 0 Å². The van der Waals surface area contributed by atoms with Crippen molar-refractivity contribution in [2.75, 3.05) is 13.2 Å². The fourth-order valence-electron chi connectivity index (χ4n) is 4.40. The highest BCUT2D eigenvalue weighted by molar-refractivity contribution is 5.96. The summed E-state index contributed by atoms with van der Waals surface area (Å²) in [5, 5.41) is 6.04. The maximum Gasteiger partial charge on any atom is 0.251 e. The SMILES string of the molecule is Cc1ccccc1C(=O)NC1COC2C(NC(=O)c3cccc(Oc4ccccc4)c3)COC12. The molecule has 174 valence electrons. The van der Waals surface area contributed by atoms with Crippen LogP contribution in [-0.4, -0.2) is 49.3 Å². The van der Waals surface area contributed by atoms with E-state index in [4.69, 9.17) is 14.2 Å². The summed E-state index contributed by atoms with van der Waals surface area (Å²) in [7, 11) is 0. The van der Waals surface area contributed by atoms with Crippen molar-refractivity contribution in [1.82, 2.24) is 10.6 Å². The molecule has 7 nitrogen and oxygen atoms in total. The van der Waals surface area contributed by atoms with E-state index in [2.05, 4.69) is 10.6 Å². The van der Waals surface area contributed by atoms with E-state index in [9.17, 15) is 9.59 Å². The third-order valence-corrected chi connectivity index (χ3v) is 6.15. The molecule has 2 saturated heterocycles. The Hall–Kier alpha value is -3.68. The molecule has 0 aromatic heterocycles. The summed E-state index contributed by atoms with van der Waals surface area (Å²) in [5.41, 5.74) is 2.03. The van der Waals surface area contributed by atoms with E-state index >= 15 is 0 Å². The van der Waals surface area contributed by atoms with Crippen LogP contribution in [0.5, 0.6) is 11.5 Å². The number of rotatable bonds is 6. The number of benzene rings is 3. The molecule has 0 aliphatic carbocycles. The van der Waals surface area contributed by atoms with E-state index in [0.717, 1.165) is 5.56 Å². The topological polar surface area (TPSA) is 85.9 Å². The molecular formula is C27H26N2O5. The Balaban J connectivity index is 1.20. The molecule has 34 heavy (non-hydrogen) atoms. The van der Waals surface area contributed by atoms with E-state index in [1.807, 2.05) is 55.5 Å². The van der Waals surface area contributed by atoms with Crippen LogP contribution in [0.3, 0.4) is 0 Å². The predicted molar refractivity (Wildman–Crippen MR) is 126 cm³/mol. The molecule has 4 unspecified atom stereocenters. The Morgan fingerprint density at radius 3 is 2.09 bits per heavy atom. The Morgan fingerprint density at radius 2 is 1.38 bits per heavy atom. The molecule has 0 saturated carbocycles. The van der Waals surface area contributed by atoms with E-state index in [-0.39, 0.29) is 36.1 Å². The number of aryl methyl sites for hydroxylation is 1. The number of carbonyl (C=O) groups is 2. The zero-order valence-corrected chi connectivity index (χ0v) is 18.8. The average molecular weight is 459 g/mol. The molecule has 3 aromatic carbocycles. The van der Waals surface area contributed by atoms with Gasteiger partial charge in [-0.2, -0.15) is 0 Å². The third kappa shape index (κ3) is 4.66. The number of para-hydroxylation sites is 1. The smallest absolute Gasteiger partial charge is 0.251 e. The average Bonchev–Trinajstić information content (AvgIpc) is 3.43. The van der Waals surface area contributed by atoms with Gasteiger partial charge in [0.1, 0.15) is 23.7 Å². The zero-order valence-electron chi connectivity index (χ0n) is 18.8. The molecule has 2 N–H and O–H groups in total. The maximum absolute atomic E-state index is 12.9. The van der Waals surface area contributed by atoms with Crippen LogP contribution in [0.25, 0.3) is 0 Å². The summed E-state index contributed by atoms with van der Waals surface area (Å²) in [4.78, 5) is 25.6. The van der Waals surface area contributed by atoms with Crippen LogP contribution in [-0.2, 0) is 9.47 Å². The summed E-state index contributed by atoms with van der Waals surface area (Å²) in [5.74, 6) is 0.892. The van der Waals surface area contributed by atoms with Gasteiger partial charge in [0.05, 0.1) is 25.3 Å². The predicted octanol–water partition coefficient (Wildman–Crippen LogP) is 3.48. The second-order valence-electron chi connectivity index (χ2n) is 8.51. The quantitative estimate of drug-likeness (QED) is 0.591. The summed E-state index contributed by atoms with van der Waals surface area (Å²) in [6, 6.07) is 23.3. The lowest BCUT2D eigenvalue weighted by Gasteiger charge is -2.19. The highest BCUT2D eigenvalue weighted by atomic mass is 16.6. The van der Waals surface area contributed by atoms with Crippen LogP contribution in [0.4, 0.5) is 0 Å². The van der Waals surface area contributed by atoms with E-state index in [1.165, 1.54) is 0 Å². The van der Waals surface area contributed by atoms with Crippen molar-refractivity contribution in [3.05, 3.63) is 95.6 Å². The fourth-order valence-corrected chi connectivity index (χ4v) is 4.40. The van der Waals surface area contributed by atoms with Crippen LogP contribution in [0.15, 0.2) is 78.9 Å². The van der Waals surface area contributed by atoms with Crippen molar-refractivity contribution in [3.63, 3.8) is 0 Å². The number of hydrogen-bond acceptors (Lipinski definition) is 5. The highest BCUT2D eigenvalue weighted by Gasteiger charge is 2.48. The lowest BCUT2D eigenvalue weighted by Crippen LogP contribution is -2.47. The summed E-state index contributed by atoms with van der Waals surface area (Å²) < 4.78 is 17.7. The Morgan fingerprint density at radius 1 is 0.765 bits per heavy atom. The summed E-state index contributed by atoms with van der Waals surface area (Å²) >= 11 is 0. The standard InChI is InChI=1S/C27H26N2O5/c1-17-8-5-6-13-21(17)27(31)29-23-16-33-24-22(15-32-25(23)24)28-26(30)18-9-7-12-20(14-18)34-19-10-3-2-4-11-19/h2-14,22-25H,15-16H2,1H3,(H,28,30)(H,29,31). The minimum Gasteiger partial charge on any atom is -0.457 e. The molecule has 2 aliphatic rings. The molecule has 4 atom stereocenters. The molecule has 0 spiro atoms. The molecule has 5 rings (SSSR count).